The Morgan fingerprint density at radius 3 is 2.67 bits per heavy atom. The molecule has 1 aromatic carbocycles. The molecular weight excluding hydrogens is 327 g/mol. The van der Waals surface area contributed by atoms with Crippen LogP contribution in [0.5, 0.6) is 0 Å². The van der Waals surface area contributed by atoms with Crippen molar-refractivity contribution < 1.29 is 9.18 Å². The zero-order chi connectivity index (χ0) is 17.3. The van der Waals surface area contributed by atoms with E-state index in [9.17, 15) is 9.18 Å². The van der Waals surface area contributed by atoms with Crippen molar-refractivity contribution in [2.24, 2.45) is 0 Å². The van der Waals surface area contributed by atoms with Crippen LogP contribution in [0.1, 0.15) is 24.4 Å². The number of rotatable bonds is 4. The van der Waals surface area contributed by atoms with Gasteiger partial charge in [-0.15, -0.1) is 0 Å². The molecule has 0 fully saturated rings. The van der Waals surface area contributed by atoms with Gasteiger partial charge in [-0.2, -0.15) is 0 Å². The second-order valence-electron chi connectivity index (χ2n) is 5.88. The fourth-order valence-electron chi connectivity index (χ4n) is 2.39. The molecule has 2 N–H and O–H groups in total. The molecule has 0 saturated carbocycles. The van der Waals surface area contributed by atoms with Gasteiger partial charge in [-0.25, -0.2) is 14.2 Å². The van der Waals surface area contributed by atoms with Crippen molar-refractivity contribution in [1.82, 2.24) is 20.0 Å². The summed E-state index contributed by atoms with van der Waals surface area (Å²) in [6.07, 6.45) is 1.94. The van der Waals surface area contributed by atoms with Gasteiger partial charge < -0.3 is 10.6 Å². The molecule has 2 heterocycles. The molecule has 24 heavy (non-hydrogen) atoms. The van der Waals surface area contributed by atoms with E-state index < -0.39 is 0 Å². The molecule has 3 rings (SSSR count). The molecule has 0 unspecified atom stereocenters. The Bertz CT molecular complexity index is 867. The van der Waals surface area contributed by atoms with Crippen molar-refractivity contribution >= 4 is 22.3 Å². The Morgan fingerprint density at radius 1 is 1.33 bits per heavy atom. The number of fused-ring (bicyclic) bond motifs is 1. The number of imidazole rings is 1. The van der Waals surface area contributed by atoms with Crippen LogP contribution in [0.2, 0.25) is 0 Å². The number of benzene rings is 1. The first-order chi connectivity index (χ1) is 11.4. The Labute approximate surface area is 143 Å². The van der Waals surface area contributed by atoms with Crippen molar-refractivity contribution in [2.45, 2.75) is 33.4 Å². The molecule has 0 aliphatic rings. The molecule has 126 valence electrons. The summed E-state index contributed by atoms with van der Waals surface area (Å²) in [7, 11) is 0. The first-order valence-electron chi connectivity index (χ1n) is 7.71. The van der Waals surface area contributed by atoms with Gasteiger partial charge in [-0.05, 0) is 45.0 Å². The number of nitrogens with one attached hydrogen (secondary N) is 2. The Hall–Kier alpha value is -2.41. The van der Waals surface area contributed by atoms with E-state index in [2.05, 4.69) is 15.6 Å². The standard InChI is InChI=1S/C17H19FN4OS/c1-10(2)20-16(23)19-8-15-11(3)22-9-14(21-17(22)24-15)12-4-6-13(18)7-5-12/h4-7,9-10H,8H2,1-3H3,(H2,19,20,23). The van der Waals surface area contributed by atoms with Crippen molar-refractivity contribution in [1.29, 1.82) is 0 Å². The normalized spacial score (nSPS) is 11.2. The van der Waals surface area contributed by atoms with Gasteiger partial charge in [-0.3, -0.25) is 4.40 Å². The minimum absolute atomic E-state index is 0.102. The topological polar surface area (TPSA) is 58.4 Å². The third-order valence-electron chi connectivity index (χ3n) is 3.62. The maximum atomic E-state index is 13.0. The highest BCUT2D eigenvalue weighted by atomic mass is 32.1. The van der Waals surface area contributed by atoms with E-state index in [0.717, 1.165) is 26.8 Å². The predicted molar refractivity (Wildman–Crippen MR) is 93.7 cm³/mol. The average molecular weight is 346 g/mol. The lowest BCUT2D eigenvalue weighted by Gasteiger charge is -2.09. The van der Waals surface area contributed by atoms with Crippen LogP contribution in [0.15, 0.2) is 30.5 Å². The summed E-state index contributed by atoms with van der Waals surface area (Å²) in [4.78, 5) is 18.2. The molecule has 7 heteroatoms. The highest BCUT2D eigenvalue weighted by Gasteiger charge is 2.13. The average Bonchev–Trinajstić information content (AvgIpc) is 3.05. The second kappa shape index (κ2) is 6.60. The van der Waals surface area contributed by atoms with Gasteiger partial charge in [0.15, 0.2) is 4.96 Å². The van der Waals surface area contributed by atoms with E-state index in [1.165, 1.54) is 23.5 Å². The van der Waals surface area contributed by atoms with E-state index >= 15 is 0 Å². The number of aromatic nitrogens is 2. The van der Waals surface area contributed by atoms with Crippen LogP contribution < -0.4 is 10.6 Å². The summed E-state index contributed by atoms with van der Waals surface area (Å²) in [6, 6.07) is 6.22. The molecule has 0 aliphatic heterocycles. The summed E-state index contributed by atoms with van der Waals surface area (Å²) in [6.45, 7) is 6.29. The minimum Gasteiger partial charge on any atom is -0.336 e. The molecule has 5 nitrogen and oxygen atoms in total. The quantitative estimate of drug-likeness (QED) is 0.756. The molecule has 0 radical (unpaired) electrons. The molecule has 2 amide bonds. The Kier molecular flexibility index (Phi) is 4.53. The van der Waals surface area contributed by atoms with E-state index in [4.69, 9.17) is 0 Å². The van der Waals surface area contributed by atoms with Crippen LogP contribution in [0, 0.1) is 12.7 Å². The Balaban J connectivity index is 1.78. The number of carbonyl (C=O) groups is 1. The molecule has 0 bridgehead atoms. The van der Waals surface area contributed by atoms with Crippen molar-refractivity contribution in [3.05, 3.63) is 46.9 Å². The fourth-order valence-corrected chi connectivity index (χ4v) is 3.43. The number of nitrogens with zero attached hydrogens (tertiary/aromatic N) is 2. The number of amides is 2. The van der Waals surface area contributed by atoms with Crippen LogP contribution in [0.25, 0.3) is 16.2 Å². The minimum atomic E-state index is -0.260. The zero-order valence-corrected chi connectivity index (χ0v) is 14.6. The number of hydrogen-bond donors (Lipinski definition) is 2. The molecule has 0 spiro atoms. The van der Waals surface area contributed by atoms with Crippen LogP contribution in [0.4, 0.5) is 9.18 Å². The first kappa shape index (κ1) is 16.4. The third-order valence-corrected chi connectivity index (χ3v) is 4.78. The predicted octanol–water partition coefficient (Wildman–Crippen LogP) is 3.72. The number of carbonyl (C=O) groups excluding carboxylic acids is 1. The summed E-state index contributed by atoms with van der Waals surface area (Å²) >= 11 is 1.54. The summed E-state index contributed by atoms with van der Waals surface area (Å²) in [5.41, 5.74) is 2.73. The van der Waals surface area contributed by atoms with Gasteiger partial charge in [0.2, 0.25) is 0 Å². The van der Waals surface area contributed by atoms with Crippen molar-refractivity contribution in [3.8, 4) is 11.3 Å². The molecule has 0 saturated heterocycles. The van der Waals surface area contributed by atoms with Crippen LogP contribution in [-0.4, -0.2) is 21.5 Å². The lowest BCUT2D eigenvalue weighted by Crippen LogP contribution is -2.38. The van der Waals surface area contributed by atoms with E-state index in [0.29, 0.717) is 6.54 Å². The number of thiazole rings is 1. The maximum absolute atomic E-state index is 13.0. The van der Waals surface area contributed by atoms with Gasteiger partial charge >= 0.3 is 6.03 Å². The van der Waals surface area contributed by atoms with Crippen molar-refractivity contribution in [2.75, 3.05) is 0 Å². The van der Waals surface area contributed by atoms with Gasteiger partial charge in [0.05, 0.1) is 12.2 Å². The van der Waals surface area contributed by atoms with E-state index in [1.54, 1.807) is 12.1 Å². The SMILES string of the molecule is Cc1c(CNC(=O)NC(C)C)sc2nc(-c3ccc(F)cc3)cn12. The lowest BCUT2D eigenvalue weighted by molar-refractivity contribution is 0.238. The van der Waals surface area contributed by atoms with E-state index in [1.807, 2.05) is 31.4 Å². The molecule has 2 aromatic heterocycles. The summed E-state index contributed by atoms with van der Waals surface area (Å²) in [5, 5.41) is 5.65. The van der Waals surface area contributed by atoms with Gasteiger partial charge in [0, 0.05) is 28.4 Å². The van der Waals surface area contributed by atoms with Crippen LogP contribution in [-0.2, 0) is 6.54 Å². The van der Waals surface area contributed by atoms with Gasteiger partial charge in [0.1, 0.15) is 5.82 Å². The molecular formula is C17H19FN4OS. The van der Waals surface area contributed by atoms with Gasteiger partial charge in [-0.1, -0.05) is 11.3 Å². The number of halogens is 1. The number of hydrogen-bond acceptors (Lipinski definition) is 3. The third kappa shape index (κ3) is 3.41. The zero-order valence-electron chi connectivity index (χ0n) is 13.8. The number of urea groups is 1. The highest BCUT2D eigenvalue weighted by molar-refractivity contribution is 7.17. The molecule has 0 aliphatic carbocycles. The smallest absolute Gasteiger partial charge is 0.315 e. The van der Waals surface area contributed by atoms with E-state index in [-0.39, 0.29) is 17.9 Å². The number of aryl methyl sites for hydroxylation is 1. The van der Waals surface area contributed by atoms with Gasteiger partial charge in [0.25, 0.3) is 0 Å². The summed E-state index contributed by atoms with van der Waals surface area (Å²) in [5.74, 6) is -0.260. The lowest BCUT2D eigenvalue weighted by atomic mass is 10.2. The molecule has 3 aromatic rings. The Morgan fingerprint density at radius 2 is 2.04 bits per heavy atom. The van der Waals surface area contributed by atoms with Crippen LogP contribution >= 0.6 is 11.3 Å². The summed E-state index contributed by atoms with van der Waals surface area (Å²) < 4.78 is 15.0. The second-order valence-corrected chi connectivity index (χ2v) is 6.94. The van der Waals surface area contributed by atoms with Crippen LogP contribution in [0.3, 0.4) is 0 Å². The fraction of sp³-hybridized carbons (Fsp3) is 0.294. The monoisotopic (exact) mass is 346 g/mol. The first-order valence-corrected chi connectivity index (χ1v) is 8.53. The maximum Gasteiger partial charge on any atom is 0.315 e. The highest BCUT2D eigenvalue weighted by Crippen LogP contribution is 2.27. The largest absolute Gasteiger partial charge is 0.336 e. The van der Waals surface area contributed by atoms with Crippen molar-refractivity contribution in [3.63, 3.8) is 0 Å². The molecule has 0 atom stereocenters.